The molecule has 0 fully saturated rings. The van der Waals surface area contributed by atoms with E-state index in [1.165, 1.54) is 24.0 Å². The van der Waals surface area contributed by atoms with Crippen LogP contribution in [0.2, 0.25) is 0 Å². The highest BCUT2D eigenvalue weighted by molar-refractivity contribution is 7.99. The first-order valence-corrected chi connectivity index (χ1v) is 6.60. The van der Waals surface area contributed by atoms with Crippen molar-refractivity contribution in [1.82, 2.24) is 4.98 Å². The molecule has 1 aromatic heterocycles. The summed E-state index contributed by atoms with van der Waals surface area (Å²) < 4.78 is 5.27. The second-order valence-corrected chi connectivity index (χ2v) is 5.02. The number of carboxylic acids is 1. The number of aromatic carboxylic acids is 1. The molecule has 0 saturated carbocycles. The van der Waals surface area contributed by atoms with E-state index in [4.69, 9.17) is 9.84 Å². The number of pyridine rings is 1. The average Bonchev–Trinajstić information content (AvgIpc) is 2.34. The van der Waals surface area contributed by atoms with E-state index in [9.17, 15) is 9.90 Å². The SMILES string of the molecule is CC(C)OCC(O)CSc1ncccc1C(=O)O. The van der Waals surface area contributed by atoms with Crippen molar-refractivity contribution in [2.24, 2.45) is 0 Å². The predicted molar refractivity (Wildman–Crippen MR) is 69.0 cm³/mol. The van der Waals surface area contributed by atoms with E-state index < -0.39 is 12.1 Å². The molecule has 100 valence electrons. The van der Waals surface area contributed by atoms with Gasteiger partial charge in [-0.25, -0.2) is 9.78 Å². The van der Waals surface area contributed by atoms with E-state index in [0.717, 1.165) is 0 Å². The third-order valence-electron chi connectivity index (χ3n) is 2.04. The number of hydrogen-bond donors (Lipinski definition) is 2. The molecule has 0 saturated heterocycles. The number of ether oxygens (including phenoxy) is 1. The highest BCUT2D eigenvalue weighted by Crippen LogP contribution is 2.20. The molecule has 1 heterocycles. The number of aliphatic hydroxyl groups excluding tert-OH is 1. The third-order valence-corrected chi connectivity index (χ3v) is 3.19. The normalized spacial score (nSPS) is 12.7. The van der Waals surface area contributed by atoms with Crippen LogP contribution in [0.4, 0.5) is 0 Å². The van der Waals surface area contributed by atoms with E-state index in [-0.39, 0.29) is 18.3 Å². The molecule has 5 nitrogen and oxygen atoms in total. The summed E-state index contributed by atoms with van der Waals surface area (Å²) in [5, 5.41) is 19.0. The second-order valence-electron chi connectivity index (χ2n) is 4.01. The smallest absolute Gasteiger partial charge is 0.338 e. The quantitative estimate of drug-likeness (QED) is 0.734. The Hall–Kier alpha value is -1.11. The van der Waals surface area contributed by atoms with Crippen LogP contribution in [-0.2, 0) is 4.74 Å². The van der Waals surface area contributed by atoms with Crippen LogP contribution in [0.15, 0.2) is 23.4 Å². The van der Waals surface area contributed by atoms with Crippen molar-refractivity contribution in [3.8, 4) is 0 Å². The van der Waals surface area contributed by atoms with Gasteiger partial charge in [0.1, 0.15) is 5.03 Å². The van der Waals surface area contributed by atoms with Gasteiger partial charge in [-0.05, 0) is 26.0 Å². The lowest BCUT2D eigenvalue weighted by Gasteiger charge is -2.13. The van der Waals surface area contributed by atoms with Gasteiger partial charge in [-0.2, -0.15) is 0 Å². The van der Waals surface area contributed by atoms with Gasteiger partial charge in [-0.1, -0.05) is 0 Å². The molecule has 18 heavy (non-hydrogen) atoms. The Bertz CT molecular complexity index is 397. The van der Waals surface area contributed by atoms with Gasteiger partial charge in [0.05, 0.1) is 24.4 Å². The van der Waals surface area contributed by atoms with Crippen LogP contribution in [-0.4, -0.2) is 45.7 Å². The number of rotatable bonds is 7. The number of thioether (sulfide) groups is 1. The number of aromatic nitrogens is 1. The highest BCUT2D eigenvalue weighted by atomic mass is 32.2. The maximum absolute atomic E-state index is 10.9. The number of aliphatic hydroxyl groups is 1. The van der Waals surface area contributed by atoms with Crippen LogP contribution < -0.4 is 0 Å². The monoisotopic (exact) mass is 271 g/mol. The van der Waals surface area contributed by atoms with E-state index in [1.807, 2.05) is 13.8 Å². The Labute approximate surface area is 110 Å². The molecular formula is C12H17NO4S. The maximum Gasteiger partial charge on any atom is 0.338 e. The number of hydrogen-bond acceptors (Lipinski definition) is 5. The number of nitrogens with zero attached hydrogens (tertiary/aromatic N) is 1. The number of carboxylic acid groups (broad SMARTS) is 1. The molecular weight excluding hydrogens is 254 g/mol. The molecule has 0 aliphatic heterocycles. The van der Waals surface area contributed by atoms with Gasteiger partial charge in [0.25, 0.3) is 0 Å². The predicted octanol–water partition coefficient (Wildman–Crippen LogP) is 1.66. The van der Waals surface area contributed by atoms with Crippen LogP contribution in [0, 0.1) is 0 Å². The molecule has 0 bridgehead atoms. The summed E-state index contributed by atoms with van der Waals surface area (Å²) >= 11 is 1.21. The zero-order valence-corrected chi connectivity index (χ0v) is 11.2. The van der Waals surface area contributed by atoms with E-state index in [0.29, 0.717) is 10.8 Å². The maximum atomic E-state index is 10.9. The fraction of sp³-hybridized carbons (Fsp3) is 0.500. The van der Waals surface area contributed by atoms with E-state index >= 15 is 0 Å². The van der Waals surface area contributed by atoms with Crippen molar-refractivity contribution < 1.29 is 19.7 Å². The summed E-state index contributed by atoms with van der Waals surface area (Å²) in [5.41, 5.74) is 0.152. The van der Waals surface area contributed by atoms with Gasteiger partial charge >= 0.3 is 5.97 Å². The van der Waals surface area contributed by atoms with Crippen molar-refractivity contribution in [2.45, 2.75) is 31.1 Å². The lowest BCUT2D eigenvalue weighted by atomic mass is 10.3. The molecule has 0 aliphatic rings. The minimum absolute atomic E-state index is 0.0640. The molecule has 0 aliphatic carbocycles. The molecule has 1 atom stereocenters. The van der Waals surface area contributed by atoms with Crippen LogP contribution in [0.25, 0.3) is 0 Å². The van der Waals surface area contributed by atoms with Gasteiger partial charge in [0, 0.05) is 11.9 Å². The molecule has 1 aromatic rings. The molecule has 1 rings (SSSR count). The summed E-state index contributed by atoms with van der Waals surface area (Å²) in [7, 11) is 0. The summed E-state index contributed by atoms with van der Waals surface area (Å²) in [5.74, 6) is -0.664. The van der Waals surface area contributed by atoms with Gasteiger partial charge < -0.3 is 14.9 Å². The third kappa shape index (κ3) is 5.03. The summed E-state index contributed by atoms with van der Waals surface area (Å²) in [6.07, 6.45) is 0.960. The molecule has 2 N–H and O–H groups in total. The van der Waals surface area contributed by atoms with Crippen molar-refractivity contribution in [2.75, 3.05) is 12.4 Å². The van der Waals surface area contributed by atoms with E-state index in [2.05, 4.69) is 4.98 Å². The van der Waals surface area contributed by atoms with Crippen LogP contribution in [0.5, 0.6) is 0 Å². The molecule has 0 amide bonds. The van der Waals surface area contributed by atoms with Crippen LogP contribution in [0.1, 0.15) is 24.2 Å². The minimum Gasteiger partial charge on any atom is -0.478 e. The van der Waals surface area contributed by atoms with E-state index in [1.54, 1.807) is 6.07 Å². The first kappa shape index (κ1) is 14.9. The zero-order valence-electron chi connectivity index (χ0n) is 10.4. The van der Waals surface area contributed by atoms with Gasteiger partial charge in [0.2, 0.25) is 0 Å². The Morgan fingerprint density at radius 2 is 2.28 bits per heavy atom. The highest BCUT2D eigenvalue weighted by Gasteiger charge is 2.13. The first-order chi connectivity index (χ1) is 8.50. The largest absolute Gasteiger partial charge is 0.478 e. The molecule has 6 heteroatoms. The number of carbonyl (C=O) groups is 1. The van der Waals surface area contributed by atoms with Crippen molar-refractivity contribution in [1.29, 1.82) is 0 Å². The Balaban J connectivity index is 2.50. The van der Waals surface area contributed by atoms with Crippen LogP contribution >= 0.6 is 11.8 Å². The Kier molecular flexibility index (Phi) is 6.11. The van der Waals surface area contributed by atoms with Gasteiger partial charge in [-0.3, -0.25) is 0 Å². The Morgan fingerprint density at radius 1 is 1.56 bits per heavy atom. The standard InChI is InChI=1S/C12H17NO4S/c1-8(2)17-6-9(14)7-18-11-10(12(15)16)4-3-5-13-11/h3-5,8-9,14H,6-7H2,1-2H3,(H,15,16). The first-order valence-electron chi connectivity index (χ1n) is 5.61. The Morgan fingerprint density at radius 3 is 2.89 bits per heavy atom. The molecule has 0 aromatic carbocycles. The second kappa shape index (κ2) is 7.35. The summed E-state index contributed by atoms with van der Waals surface area (Å²) in [4.78, 5) is 14.9. The van der Waals surface area contributed by atoms with Crippen molar-refractivity contribution >= 4 is 17.7 Å². The fourth-order valence-corrected chi connectivity index (χ4v) is 2.09. The molecule has 0 spiro atoms. The molecule has 0 radical (unpaired) electrons. The lowest BCUT2D eigenvalue weighted by Crippen LogP contribution is -2.20. The van der Waals surface area contributed by atoms with Crippen molar-refractivity contribution in [3.63, 3.8) is 0 Å². The zero-order chi connectivity index (χ0) is 13.5. The lowest BCUT2D eigenvalue weighted by molar-refractivity contribution is 0.0152. The fourth-order valence-electron chi connectivity index (χ4n) is 1.20. The minimum atomic E-state index is -1.02. The molecule has 1 unspecified atom stereocenters. The van der Waals surface area contributed by atoms with Crippen LogP contribution in [0.3, 0.4) is 0 Å². The average molecular weight is 271 g/mol. The van der Waals surface area contributed by atoms with Gasteiger partial charge in [-0.15, -0.1) is 11.8 Å². The summed E-state index contributed by atoms with van der Waals surface area (Å²) in [6, 6.07) is 3.07. The van der Waals surface area contributed by atoms with Crippen molar-refractivity contribution in [3.05, 3.63) is 23.9 Å². The van der Waals surface area contributed by atoms with Gasteiger partial charge in [0.15, 0.2) is 0 Å². The summed E-state index contributed by atoms with van der Waals surface area (Å²) in [6.45, 7) is 4.02. The topological polar surface area (TPSA) is 79.7 Å².